The van der Waals surface area contributed by atoms with Crippen LogP contribution in [0.25, 0.3) is 0 Å². The highest BCUT2D eigenvalue weighted by Gasteiger charge is 2.35. The third kappa shape index (κ3) is 3.48. The zero-order chi connectivity index (χ0) is 14.7. The summed E-state index contributed by atoms with van der Waals surface area (Å²) in [6.45, 7) is 1.01. The first-order valence-corrected chi connectivity index (χ1v) is 7.39. The summed E-state index contributed by atoms with van der Waals surface area (Å²) in [5.41, 5.74) is 2.23. The maximum absolute atomic E-state index is 13.3. The van der Waals surface area contributed by atoms with E-state index in [0.717, 1.165) is 43.4 Å². The van der Waals surface area contributed by atoms with E-state index in [-0.39, 0.29) is 17.2 Å². The van der Waals surface area contributed by atoms with E-state index < -0.39 is 0 Å². The van der Waals surface area contributed by atoms with Crippen molar-refractivity contribution in [3.05, 3.63) is 71.3 Å². The molecule has 1 heterocycles. The molecule has 3 heteroatoms. The third-order valence-corrected chi connectivity index (χ3v) is 4.34. The molecule has 1 N–H and O–H groups in total. The van der Waals surface area contributed by atoms with Gasteiger partial charge >= 0.3 is 0 Å². The lowest BCUT2D eigenvalue weighted by molar-refractivity contribution is 0.190. The van der Waals surface area contributed by atoms with E-state index in [2.05, 4.69) is 5.32 Å². The van der Waals surface area contributed by atoms with Crippen LogP contribution in [0.4, 0.5) is 8.78 Å². The third-order valence-electron chi connectivity index (χ3n) is 4.34. The molecule has 1 unspecified atom stereocenters. The molecule has 2 aromatic rings. The Kier molecular flexibility index (Phi) is 4.02. The number of nitrogens with one attached hydrogen (secondary N) is 1. The molecule has 2 aromatic carbocycles. The van der Waals surface area contributed by atoms with Gasteiger partial charge in [-0.3, -0.25) is 0 Å². The van der Waals surface area contributed by atoms with Gasteiger partial charge < -0.3 is 5.32 Å². The minimum absolute atomic E-state index is 0.0577. The largest absolute Gasteiger partial charge is 0.311 e. The molecule has 0 saturated carbocycles. The van der Waals surface area contributed by atoms with E-state index in [1.807, 2.05) is 18.2 Å². The van der Waals surface area contributed by atoms with Crippen LogP contribution in [-0.2, 0) is 12.8 Å². The fourth-order valence-electron chi connectivity index (χ4n) is 3.00. The molecule has 3 rings (SSSR count). The average molecular weight is 287 g/mol. The lowest BCUT2D eigenvalue weighted by atomic mass is 9.77. The normalized spacial score (nSPS) is 21.0. The first kappa shape index (κ1) is 14.2. The van der Waals surface area contributed by atoms with Gasteiger partial charge in [-0.1, -0.05) is 24.3 Å². The van der Waals surface area contributed by atoms with Crippen molar-refractivity contribution in [2.24, 2.45) is 0 Å². The summed E-state index contributed by atoms with van der Waals surface area (Å²) >= 11 is 0. The summed E-state index contributed by atoms with van der Waals surface area (Å²) in [4.78, 5) is 0. The zero-order valence-electron chi connectivity index (χ0n) is 11.9. The summed E-state index contributed by atoms with van der Waals surface area (Å²) in [5.74, 6) is -0.379. The molecule has 0 bridgehead atoms. The van der Waals surface area contributed by atoms with Gasteiger partial charge in [0.15, 0.2) is 0 Å². The van der Waals surface area contributed by atoms with Crippen LogP contribution in [0, 0.1) is 11.6 Å². The molecule has 1 fully saturated rings. The van der Waals surface area contributed by atoms with E-state index >= 15 is 0 Å². The van der Waals surface area contributed by atoms with E-state index in [1.165, 1.54) is 18.2 Å². The molecule has 0 aromatic heterocycles. The Labute approximate surface area is 124 Å². The number of hydrogen-bond donors (Lipinski definition) is 1. The van der Waals surface area contributed by atoms with Gasteiger partial charge in [0.2, 0.25) is 0 Å². The van der Waals surface area contributed by atoms with Crippen LogP contribution in [-0.4, -0.2) is 12.1 Å². The molecular formula is C18H19F2N. The lowest BCUT2D eigenvalue weighted by Gasteiger charge is -2.44. The van der Waals surface area contributed by atoms with Crippen LogP contribution in [0.2, 0.25) is 0 Å². The van der Waals surface area contributed by atoms with Crippen molar-refractivity contribution in [1.29, 1.82) is 0 Å². The Bertz CT molecular complexity index is 603. The van der Waals surface area contributed by atoms with Gasteiger partial charge in [0.25, 0.3) is 0 Å². The van der Waals surface area contributed by atoms with E-state index in [4.69, 9.17) is 0 Å². The second kappa shape index (κ2) is 5.94. The molecule has 1 atom stereocenters. The second-order valence-electron chi connectivity index (χ2n) is 5.89. The Morgan fingerprint density at radius 1 is 0.952 bits per heavy atom. The molecule has 1 aliphatic heterocycles. The maximum atomic E-state index is 13.3. The molecule has 110 valence electrons. The van der Waals surface area contributed by atoms with Crippen LogP contribution in [0.5, 0.6) is 0 Å². The smallest absolute Gasteiger partial charge is 0.123 e. The second-order valence-corrected chi connectivity index (χ2v) is 5.89. The number of benzene rings is 2. The Morgan fingerprint density at radius 2 is 1.71 bits per heavy atom. The predicted molar refractivity (Wildman–Crippen MR) is 80.2 cm³/mol. The highest BCUT2D eigenvalue weighted by molar-refractivity contribution is 5.22. The zero-order valence-corrected chi connectivity index (χ0v) is 11.9. The predicted octanol–water partition coefficient (Wildman–Crippen LogP) is 3.87. The Hall–Kier alpha value is -1.74. The fourth-order valence-corrected chi connectivity index (χ4v) is 3.00. The summed E-state index contributed by atoms with van der Waals surface area (Å²) < 4.78 is 26.2. The summed E-state index contributed by atoms with van der Waals surface area (Å²) in [6.07, 6.45) is 3.83. The Balaban J connectivity index is 1.65. The molecule has 1 saturated heterocycles. The van der Waals surface area contributed by atoms with Gasteiger partial charge in [0.1, 0.15) is 11.6 Å². The molecule has 0 amide bonds. The van der Waals surface area contributed by atoms with Gasteiger partial charge in [-0.2, -0.15) is 0 Å². The van der Waals surface area contributed by atoms with Gasteiger partial charge in [-0.25, -0.2) is 8.78 Å². The highest BCUT2D eigenvalue weighted by atomic mass is 19.1. The number of halogens is 2. The SMILES string of the molecule is Fc1ccc(CCC2(Cc3cccc(F)c3)CCN2)cc1. The first-order chi connectivity index (χ1) is 10.2. The van der Waals surface area contributed by atoms with Crippen molar-refractivity contribution >= 4 is 0 Å². The van der Waals surface area contributed by atoms with Crippen LogP contribution < -0.4 is 5.32 Å². The van der Waals surface area contributed by atoms with E-state index in [1.54, 1.807) is 12.1 Å². The van der Waals surface area contributed by atoms with Crippen LogP contribution in [0.1, 0.15) is 24.0 Å². The molecular weight excluding hydrogens is 268 g/mol. The van der Waals surface area contributed by atoms with Crippen LogP contribution in [0.15, 0.2) is 48.5 Å². The summed E-state index contributed by atoms with van der Waals surface area (Å²) in [5, 5.41) is 3.51. The van der Waals surface area contributed by atoms with E-state index in [0.29, 0.717) is 0 Å². The van der Waals surface area contributed by atoms with Crippen molar-refractivity contribution in [2.75, 3.05) is 6.54 Å². The molecule has 1 aliphatic rings. The molecule has 0 radical (unpaired) electrons. The van der Waals surface area contributed by atoms with Gasteiger partial charge in [0, 0.05) is 5.54 Å². The minimum atomic E-state index is -0.199. The molecule has 21 heavy (non-hydrogen) atoms. The average Bonchev–Trinajstić information content (AvgIpc) is 2.43. The summed E-state index contributed by atoms with van der Waals surface area (Å²) in [6, 6.07) is 13.5. The topological polar surface area (TPSA) is 12.0 Å². The van der Waals surface area contributed by atoms with Crippen molar-refractivity contribution in [1.82, 2.24) is 5.32 Å². The number of rotatable bonds is 5. The Morgan fingerprint density at radius 3 is 2.33 bits per heavy atom. The quantitative estimate of drug-likeness (QED) is 0.880. The molecule has 1 nitrogen and oxygen atoms in total. The molecule has 0 aliphatic carbocycles. The van der Waals surface area contributed by atoms with Gasteiger partial charge in [0.05, 0.1) is 0 Å². The first-order valence-electron chi connectivity index (χ1n) is 7.39. The minimum Gasteiger partial charge on any atom is -0.311 e. The van der Waals surface area contributed by atoms with Crippen molar-refractivity contribution in [3.63, 3.8) is 0 Å². The van der Waals surface area contributed by atoms with Crippen molar-refractivity contribution in [2.45, 2.75) is 31.2 Å². The van der Waals surface area contributed by atoms with Crippen LogP contribution in [0.3, 0.4) is 0 Å². The maximum Gasteiger partial charge on any atom is 0.123 e. The van der Waals surface area contributed by atoms with Gasteiger partial charge in [-0.15, -0.1) is 0 Å². The van der Waals surface area contributed by atoms with Crippen molar-refractivity contribution in [3.8, 4) is 0 Å². The van der Waals surface area contributed by atoms with Crippen molar-refractivity contribution < 1.29 is 8.78 Å². The summed E-state index contributed by atoms with van der Waals surface area (Å²) in [7, 11) is 0. The standard InChI is InChI=1S/C18H19F2N/c19-16-6-4-14(5-7-16)8-9-18(10-11-21-18)13-15-2-1-3-17(20)12-15/h1-7,12,21H,8-11,13H2. The van der Waals surface area contributed by atoms with E-state index in [9.17, 15) is 8.78 Å². The number of hydrogen-bond acceptors (Lipinski definition) is 1. The number of aryl methyl sites for hydroxylation is 1. The fraction of sp³-hybridized carbons (Fsp3) is 0.333. The highest BCUT2D eigenvalue weighted by Crippen LogP contribution is 2.29. The van der Waals surface area contributed by atoms with Crippen LogP contribution >= 0.6 is 0 Å². The lowest BCUT2D eigenvalue weighted by Crippen LogP contribution is -2.58. The monoisotopic (exact) mass is 287 g/mol. The van der Waals surface area contributed by atoms with Gasteiger partial charge in [-0.05, 0) is 67.6 Å². The molecule has 0 spiro atoms.